The van der Waals surface area contributed by atoms with E-state index in [1.165, 1.54) is 6.42 Å². The molecule has 3 heteroatoms. The molecule has 14 heavy (non-hydrogen) atoms. The van der Waals surface area contributed by atoms with E-state index in [0.29, 0.717) is 19.2 Å². The average molecular weight is 200 g/mol. The first-order valence-corrected chi connectivity index (χ1v) is 5.36. The van der Waals surface area contributed by atoms with Crippen LogP contribution in [0.25, 0.3) is 0 Å². The molecule has 0 aliphatic rings. The molecule has 0 aromatic rings. The number of hydrogen-bond acceptors (Lipinski definition) is 3. The molecular weight excluding hydrogens is 176 g/mol. The molecule has 0 rings (SSSR count). The Hall–Kier alpha value is -0.380. The molecule has 0 heterocycles. The summed E-state index contributed by atoms with van der Waals surface area (Å²) in [5.41, 5.74) is 6.67. The minimum Gasteiger partial charge on any atom is -0.376 e. The second kappa shape index (κ2) is 9.19. The van der Waals surface area contributed by atoms with Crippen molar-refractivity contribution >= 4 is 0 Å². The fraction of sp³-hybridized carbons (Fsp3) is 0.818. The zero-order valence-electron chi connectivity index (χ0n) is 9.51. The largest absolute Gasteiger partial charge is 0.376 e. The third-order valence-corrected chi connectivity index (χ3v) is 1.95. The normalized spacial score (nSPS) is 12.8. The van der Waals surface area contributed by atoms with Crippen molar-refractivity contribution in [3.63, 3.8) is 0 Å². The van der Waals surface area contributed by atoms with Gasteiger partial charge in [0.05, 0.1) is 13.2 Å². The fourth-order valence-electron chi connectivity index (χ4n) is 1.23. The van der Waals surface area contributed by atoms with E-state index in [1.54, 1.807) is 0 Å². The Bertz CT molecular complexity index is 148. The van der Waals surface area contributed by atoms with Crippen molar-refractivity contribution in [1.82, 2.24) is 5.32 Å². The number of hydrogen-bond donors (Lipinski definition) is 2. The van der Waals surface area contributed by atoms with Crippen molar-refractivity contribution < 1.29 is 4.74 Å². The Morgan fingerprint density at radius 3 is 2.79 bits per heavy atom. The molecule has 0 aromatic heterocycles. The Morgan fingerprint density at radius 2 is 2.29 bits per heavy atom. The van der Waals surface area contributed by atoms with Gasteiger partial charge in [0.25, 0.3) is 0 Å². The number of nitrogens with one attached hydrogen (secondary N) is 1. The Balaban J connectivity index is 3.28. The SMILES string of the molecule is C=C(C)COCCNC(CN)CCC. The van der Waals surface area contributed by atoms with Crippen molar-refractivity contribution in [3.8, 4) is 0 Å². The van der Waals surface area contributed by atoms with E-state index in [-0.39, 0.29) is 0 Å². The van der Waals surface area contributed by atoms with E-state index in [0.717, 1.165) is 25.1 Å². The summed E-state index contributed by atoms with van der Waals surface area (Å²) in [6, 6.07) is 0.438. The van der Waals surface area contributed by atoms with Crippen LogP contribution in [0.1, 0.15) is 26.7 Å². The van der Waals surface area contributed by atoms with Crippen LogP contribution < -0.4 is 11.1 Å². The molecule has 0 amide bonds. The predicted molar refractivity (Wildman–Crippen MR) is 61.4 cm³/mol. The minimum absolute atomic E-state index is 0.438. The van der Waals surface area contributed by atoms with Crippen LogP contribution in [0.3, 0.4) is 0 Å². The highest BCUT2D eigenvalue weighted by molar-refractivity contribution is 4.87. The van der Waals surface area contributed by atoms with Crippen molar-refractivity contribution in [2.45, 2.75) is 32.7 Å². The van der Waals surface area contributed by atoms with Gasteiger partial charge in [0.1, 0.15) is 0 Å². The summed E-state index contributed by atoms with van der Waals surface area (Å²) in [7, 11) is 0. The molecule has 0 saturated carbocycles. The molecule has 0 aromatic carbocycles. The highest BCUT2D eigenvalue weighted by atomic mass is 16.5. The number of ether oxygens (including phenoxy) is 1. The lowest BCUT2D eigenvalue weighted by Gasteiger charge is -2.15. The van der Waals surface area contributed by atoms with E-state index < -0.39 is 0 Å². The van der Waals surface area contributed by atoms with Gasteiger partial charge in [-0.2, -0.15) is 0 Å². The van der Waals surface area contributed by atoms with E-state index in [4.69, 9.17) is 10.5 Å². The highest BCUT2D eigenvalue weighted by Gasteiger charge is 2.02. The molecule has 1 atom stereocenters. The van der Waals surface area contributed by atoms with Gasteiger partial charge in [-0.05, 0) is 13.3 Å². The van der Waals surface area contributed by atoms with Crippen molar-refractivity contribution in [2.24, 2.45) is 5.73 Å². The Labute approximate surface area is 87.7 Å². The van der Waals surface area contributed by atoms with Gasteiger partial charge in [-0.3, -0.25) is 0 Å². The predicted octanol–water partition coefficient (Wildman–Crippen LogP) is 1.30. The standard InChI is InChI=1S/C11H24N2O/c1-4-5-11(8-12)13-6-7-14-9-10(2)3/h11,13H,2,4-9,12H2,1,3H3. The maximum Gasteiger partial charge on any atom is 0.0672 e. The van der Waals surface area contributed by atoms with Gasteiger partial charge in [-0.15, -0.1) is 0 Å². The average Bonchev–Trinajstić information content (AvgIpc) is 2.15. The summed E-state index contributed by atoms with van der Waals surface area (Å²) in [5.74, 6) is 0. The van der Waals surface area contributed by atoms with Crippen molar-refractivity contribution in [1.29, 1.82) is 0 Å². The third kappa shape index (κ3) is 8.23. The van der Waals surface area contributed by atoms with Crippen LogP contribution in [0.15, 0.2) is 12.2 Å². The monoisotopic (exact) mass is 200 g/mol. The van der Waals surface area contributed by atoms with Crippen LogP contribution in [-0.4, -0.2) is 32.3 Å². The van der Waals surface area contributed by atoms with Gasteiger partial charge in [-0.1, -0.05) is 25.5 Å². The molecular formula is C11H24N2O. The molecule has 0 saturated heterocycles. The topological polar surface area (TPSA) is 47.3 Å². The molecule has 0 radical (unpaired) electrons. The fourth-order valence-corrected chi connectivity index (χ4v) is 1.23. The van der Waals surface area contributed by atoms with Gasteiger partial charge in [-0.25, -0.2) is 0 Å². The van der Waals surface area contributed by atoms with Crippen LogP contribution in [-0.2, 0) is 4.74 Å². The summed E-state index contributed by atoms with van der Waals surface area (Å²) < 4.78 is 5.37. The maximum absolute atomic E-state index is 5.60. The molecule has 84 valence electrons. The van der Waals surface area contributed by atoms with Crippen LogP contribution in [0.4, 0.5) is 0 Å². The maximum atomic E-state index is 5.60. The van der Waals surface area contributed by atoms with Crippen molar-refractivity contribution in [2.75, 3.05) is 26.3 Å². The van der Waals surface area contributed by atoms with E-state index in [1.807, 2.05) is 6.92 Å². The van der Waals surface area contributed by atoms with Crippen molar-refractivity contribution in [3.05, 3.63) is 12.2 Å². The van der Waals surface area contributed by atoms with E-state index in [9.17, 15) is 0 Å². The summed E-state index contributed by atoms with van der Waals surface area (Å²) in [4.78, 5) is 0. The lowest BCUT2D eigenvalue weighted by molar-refractivity contribution is 0.155. The smallest absolute Gasteiger partial charge is 0.0672 e. The summed E-state index contributed by atoms with van der Waals surface area (Å²) in [5, 5.41) is 3.36. The second-order valence-electron chi connectivity index (χ2n) is 3.69. The first kappa shape index (κ1) is 13.6. The first-order chi connectivity index (χ1) is 6.70. The van der Waals surface area contributed by atoms with Crippen LogP contribution in [0.2, 0.25) is 0 Å². The van der Waals surface area contributed by atoms with Crippen LogP contribution >= 0.6 is 0 Å². The van der Waals surface area contributed by atoms with Crippen LogP contribution in [0.5, 0.6) is 0 Å². The lowest BCUT2D eigenvalue weighted by Crippen LogP contribution is -2.37. The highest BCUT2D eigenvalue weighted by Crippen LogP contribution is 1.94. The summed E-state index contributed by atoms with van der Waals surface area (Å²) >= 11 is 0. The van der Waals surface area contributed by atoms with Gasteiger partial charge in [0, 0.05) is 19.1 Å². The Kier molecular flexibility index (Phi) is 8.94. The molecule has 3 N–H and O–H groups in total. The lowest BCUT2D eigenvalue weighted by atomic mass is 10.2. The van der Waals surface area contributed by atoms with Crippen LogP contribution in [0, 0.1) is 0 Å². The Morgan fingerprint density at radius 1 is 1.57 bits per heavy atom. The number of nitrogens with two attached hydrogens (primary N) is 1. The van der Waals surface area contributed by atoms with Gasteiger partial charge < -0.3 is 15.8 Å². The molecule has 0 spiro atoms. The minimum atomic E-state index is 0.438. The molecule has 0 bridgehead atoms. The molecule has 3 nitrogen and oxygen atoms in total. The number of rotatable bonds is 9. The third-order valence-electron chi connectivity index (χ3n) is 1.95. The van der Waals surface area contributed by atoms with Gasteiger partial charge >= 0.3 is 0 Å². The summed E-state index contributed by atoms with van der Waals surface area (Å²) in [6.45, 7) is 10.9. The van der Waals surface area contributed by atoms with Gasteiger partial charge in [0.15, 0.2) is 0 Å². The van der Waals surface area contributed by atoms with E-state index >= 15 is 0 Å². The molecule has 0 aliphatic carbocycles. The molecule has 0 aliphatic heterocycles. The van der Waals surface area contributed by atoms with E-state index in [2.05, 4.69) is 18.8 Å². The summed E-state index contributed by atoms with van der Waals surface area (Å²) in [6.07, 6.45) is 2.30. The zero-order chi connectivity index (χ0) is 10.8. The molecule has 0 fully saturated rings. The first-order valence-electron chi connectivity index (χ1n) is 5.36. The molecule has 1 unspecified atom stereocenters. The quantitative estimate of drug-likeness (QED) is 0.435. The zero-order valence-corrected chi connectivity index (χ0v) is 9.51. The second-order valence-corrected chi connectivity index (χ2v) is 3.69. The van der Waals surface area contributed by atoms with Gasteiger partial charge in [0.2, 0.25) is 0 Å².